The molecule has 0 bridgehead atoms. The summed E-state index contributed by atoms with van der Waals surface area (Å²) in [6.07, 6.45) is 4.33. The van der Waals surface area contributed by atoms with Gasteiger partial charge >= 0.3 is 0 Å². The fourth-order valence-corrected chi connectivity index (χ4v) is 4.34. The molecule has 1 atom stereocenters. The molecule has 0 aromatic carbocycles. The standard InChI is InChI=1S/C11H20BrNS/c1-10-7-13(5-6-14-10)9-11(8-12)3-2-4-11/h10H,2-9H2,1H3. The van der Waals surface area contributed by atoms with Gasteiger partial charge in [-0.3, -0.25) is 0 Å². The van der Waals surface area contributed by atoms with Crippen LogP contribution in [0.15, 0.2) is 0 Å². The highest BCUT2D eigenvalue weighted by Crippen LogP contribution is 2.43. The molecule has 3 heteroatoms. The highest BCUT2D eigenvalue weighted by Gasteiger charge is 2.37. The minimum absolute atomic E-state index is 0.641. The third-order valence-corrected chi connectivity index (χ3v) is 5.91. The van der Waals surface area contributed by atoms with Crippen LogP contribution in [-0.2, 0) is 0 Å². The topological polar surface area (TPSA) is 3.24 Å². The summed E-state index contributed by atoms with van der Waals surface area (Å²) in [4.78, 5) is 2.68. The Labute approximate surface area is 100 Å². The molecule has 0 spiro atoms. The summed E-state index contributed by atoms with van der Waals surface area (Å²) in [7, 11) is 0. The van der Waals surface area contributed by atoms with Crippen LogP contribution in [0, 0.1) is 5.41 Å². The van der Waals surface area contributed by atoms with Crippen molar-refractivity contribution >= 4 is 27.7 Å². The predicted molar refractivity (Wildman–Crippen MR) is 68.4 cm³/mol. The van der Waals surface area contributed by atoms with E-state index >= 15 is 0 Å². The Morgan fingerprint density at radius 3 is 2.79 bits per heavy atom. The molecule has 1 aliphatic heterocycles. The van der Waals surface area contributed by atoms with E-state index in [1.807, 2.05) is 0 Å². The Morgan fingerprint density at radius 1 is 1.50 bits per heavy atom. The second kappa shape index (κ2) is 4.75. The third-order valence-electron chi connectivity index (χ3n) is 3.58. The minimum Gasteiger partial charge on any atom is -0.301 e. The number of hydrogen-bond donors (Lipinski definition) is 0. The van der Waals surface area contributed by atoms with E-state index < -0.39 is 0 Å². The second-order valence-corrected chi connectivity index (χ2v) is 7.01. The monoisotopic (exact) mass is 277 g/mol. The highest BCUT2D eigenvalue weighted by atomic mass is 79.9. The molecule has 0 amide bonds. The maximum atomic E-state index is 3.69. The molecule has 0 N–H and O–H groups in total. The van der Waals surface area contributed by atoms with Crippen LogP contribution in [0.4, 0.5) is 0 Å². The Kier molecular flexibility index (Phi) is 3.83. The van der Waals surface area contributed by atoms with Gasteiger partial charge in [-0.1, -0.05) is 29.3 Å². The van der Waals surface area contributed by atoms with Crippen LogP contribution in [-0.4, -0.2) is 40.9 Å². The van der Waals surface area contributed by atoms with E-state index in [2.05, 4.69) is 39.5 Å². The third kappa shape index (κ3) is 2.48. The van der Waals surface area contributed by atoms with Gasteiger partial charge in [-0.15, -0.1) is 0 Å². The van der Waals surface area contributed by atoms with E-state index in [0.717, 1.165) is 5.25 Å². The van der Waals surface area contributed by atoms with Crippen LogP contribution in [0.5, 0.6) is 0 Å². The predicted octanol–water partition coefficient (Wildman–Crippen LogP) is 2.99. The molecular formula is C11H20BrNS. The molecule has 1 unspecified atom stereocenters. The van der Waals surface area contributed by atoms with Gasteiger partial charge in [-0.2, -0.15) is 11.8 Å². The van der Waals surface area contributed by atoms with Crippen molar-refractivity contribution in [2.75, 3.05) is 30.7 Å². The lowest BCUT2D eigenvalue weighted by Gasteiger charge is -2.45. The molecule has 1 aliphatic carbocycles. The zero-order chi connectivity index (χ0) is 10.0. The summed E-state index contributed by atoms with van der Waals surface area (Å²) < 4.78 is 0. The first-order valence-corrected chi connectivity index (χ1v) is 7.81. The number of alkyl halides is 1. The lowest BCUT2D eigenvalue weighted by Crippen LogP contribution is -2.47. The van der Waals surface area contributed by atoms with Gasteiger partial charge in [-0.25, -0.2) is 0 Å². The molecule has 2 aliphatic rings. The van der Waals surface area contributed by atoms with Crippen molar-refractivity contribution in [1.82, 2.24) is 4.90 Å². The summed E-state index contributed by atoms with van der Waals surface area (Å²) in [5, 5.41) is 2.05. The molecular weight excluding hydrogens is 258 g/mol. The van der Waals surface area contributed by atoms with E-state index in [4.69, 9.17) is 0 Å². The van der Waals surface area contributed by atoms with Crippen molar-refractivity contribution in [3.8, 4) is 0 Å². The molecule has 82 valence electrons. The fourth-order valence-electron chi connectivity index (χ4n) is 2.52. The molecule has 0 radical (unpaired) electrons. The molecule has 2 rings (SSSR count). The first-order chi connectivity index (χ1) is 6.74. The van der Waals surface area contributed by atoms with Crippen molar-refractivity contribution in [2.24, 2.45) is 5.41 Å². The summed E-state index contributed by atoms with van der Waals surface area (Å²) >= 11 is 5.82. The van der Waals surface area contributed by atoms with E-state index in [-0.39, 0.29) is 0 Å². The lowest BCUT2D eigenvalue weighted by atomic mass is 9.70. The van der Waals surface area contributed by atoms with Crippen LogP contribution in [0.1, 0.15) is 26.2 Å². The smallest absolute Gasteiger partial charge is 0.0147 e. The number of rotatable bonds is 3. The van der Waals surface area contributed by atoms with E-state index in [1.54, 1.807) is 0 Å². The van der Waals surface area contributed by atoms with Crippen molar-refractivity contribution in [3.05, 3.63) is 0 Å². The zero-order valence-corrected chi connectivity index (χ0v) is 11.4. The van der Waals surface area contributed by atoms with Gasteiger partial charge in [0.15, 0.2) is 0 Å². The second-order valence-electron chi connectivity index (χ2n) is 4.90. The van der Waals surface area contributed by atoms with Gasteiger partial charge in [0.25, 0.3) is 0 Å². The Bertz CT molecular complexity index is 188. The van der Waals surface area contributed by atoms with Crippen molar-refractivity contribution < 1.29 is 0 Å². The number of halogens is 1. The molecule has 0 aromatic rings. The molecule has 1 heterocycles. The Morgan fingerprint density at radius 2 is 2.29 bits per heavy atom. The minimum atomic E-state index is 0.641. The Hall–Kier alpha value is 0.790. The van der Waals surface area contributed by atoms with E-state index in [9.17, 15) is 0 Å². The molecule has 2 fully saturated rings. The largest absolute Gasteiger partial charge is 0.301 e. The first kappa shape index (κ1) is 11.3. The van der Waals surface area contributed by atoms with Crippen LogP contribution >= 0.6 is 27.7 Å². The summed E-state index contributed by atoms with van der Waals surface area (Å²) in [5.41, 5.74) is 0.641. The molecule has 1 saturated carbocycles. The molecule has 1 nitrogen and oxygen atoms in total. The van der Waals surface area contributed by atoms with Crippen LogP contribution < -0.4 is 0 Å². The molecule has 0 aromatic heterocycles. The maximum Gasteiger partial charge on any atom is 0.0147 e. The van der Waals surface area contributed by atoms with Gasteiger partial charge in [-0.05, 0) is 18.3 Å². The van der Waals surface area contributed by atoms with Gasteiger partial charge in [0, 0.05) is 36.0 Å². The van der Waals surface area contributed by atoms with Crippen molar-refractivity contribution in [1.29, 1.82) is 0 Å². The Balaban J connectivity index is 1.83. The number of nitrogens with zero attached hydrogens (tertiary/aromatic N) is 1. The zero-order valence-electron chi connectivity index (χ0n) is 8.97. The van der Waals surface area contributed by atoms with E-state index in [1.165, 1.54) is 50.0 Å². The summed E-state index contributed by atoms with van der Waals surface area (Å²) in [5.74, 6) is 1.33. The van der Waals surface area contributed by atoms with Crippen LogP contribution in [0.3, 0.4) is 0 Å². The SMILES string of the molecule is CC1CN(CC2(CBr)CCC2)CCS1. The first-order valence-electron chi connectivity index (χ1n) is 5.64. The van der Waals surface area contributed by atoms with Crippen LogP contribution in [0.2, 0.25) is 0 Å². The average molecular weight is 278 g/mol. The van der Waals surface area contributed by atoms with Gasteiger partial charge < -0.3 is 4.90 Å². The highest BCUT2D eigenvalue weighted by molar-refractivity contribution is 9.09. The maximum absolute atomic E-state index is 3.69. The van der Waals surface area contributed by atoms with Gasteiger partial charge in [0.1, 0.15) is 0 Å². The van der Waals surface area contributed by atoms with Crippen molar-refractivity contribution in [3.63, 3.8) is 0 Å². The lowest BCUT2D eigenvalue weighted by molar-refractivity contribution is 0.0938. The molecule has 1 saturated heterocycles. The van der Waals surface area contributed by atoms with Crippen LogP contribution in [0.25, 0.3) is 0 Å². The van der Waals surface area contributed by atoms with Gasteiger partial charge in [0.2, 0.25) is 0 Å². The van der Waals surface area contributed by atoms with Crippen molar-refractivity contribution in [2.45, 2.75) is 31.4 Å². The quantitative estimate of drug-likeness (QED) is 0.730. The number of hydrogen-bond acceptors (Lipinski definition) is 2. The van der Waals surface area contributed by atoms with Gasteiger partial charge in [0.05, 0.1) is 0 Å². The normalized spacial score (nSPS) is 32.6. The molecule has 14 heavy (non-hydrogen) atoms. The fraction of sp³-hybridized carbons (Fsp3) is 1.00. The summed E-state index contributed by atoms with van der Waals surface area (Å²) in [6, 6.07) is 0. The average Bonchev–Trinajstić information content (AvgIpc) is 2.11. The summed E-state index contributed by atoms with van der Waals surface area (Å²) in [6.45, 7) is 6.31. The van der Waals surface area contributed by atoms with E-state index in [0.29, 0.717) is 5.41 Å². The number of thioether (sulfide) groups is 1.